The summed E-state index contributed by atoms with van der Waals surface area (Å²) in [6.45, 7) is 18.2. The van der Waals surface area contributed by atoms with Crippen molar-refractivity contribution in [2.75, 3.05) is 11.5 Å². The molecule has 0 amide bonds. The lowest BCUT2D eigenvalue weighted by Gasteiger charge is -2.31. The van der Waals surface area contributed by atoms with Crippen LogP contribution in [0.1, 0.15) is 55.4 Å². The second kappa shape index (κ2) is 9.51. The lowest BCUT2D eigenvalue weighted by Crippen LogP contribution is -2.32. The summed E-state index contributed by atoms with van der Waals surface area (Å²) in [6, 6.07) is 2.47. The summed E-state index contributed by atoms with van der Waals surface area (Å²) in [4.78, 5) is 0. The molecule has 0 aromatic heterocycles. The number of hydrogen-bond donors (Lipinski definition) is 0. The van der Waals surface area contributed by atoms with E-state index >= 15 is 0 Å². The highest BCUT2D eigenvalue weighted by Crippen LogP contribution is 2.23. The molecule has 0 aliphatic carbocycles. The molecule has 2 nitrogen and oxygen atoms in total. The number of rotatable bonds is 9. The zero-order valence-corrected chi connectivity index (χ0v) is 15.1. The van der Waals surface area contributed by atoms with Gasteiger partial charge in [-0.15, -0.1) is 0 Å². The van der Waals surface area contributed by atoms with Gasteiger partial charge in [0.05, 0.1) is 0 Å². The molecule has 0 atom stereocenters. The molecule has 0 radical (unpaired) electrons. The van der Waals surface area contributed by atoms with Crippen molar-refractivity contribution < 1.29 is 0 Å². The third kappa shape index (κ3) is 7.27. The number of nitrogens with zero attached hydrogens (tertiary/aromatic N) is 2. The Morgan fingerprint density at radius 1 is 0.556 bits per heavy atom. The van der Waals surface area contributed by atoms with Gasteiger partial charge in [0, 0.05) is 35.7 Å². The van der Waals surface area contributed by atoms with Crippen LogP contribution < -0.4 is 0 Å². The van der Waals surface area contributed by atoms with Crippen molar-refractivity contribution in [1.82, 2.24) is 8.61 Å². The monoisotopic (exact) mass is 292 g/mol. The molecule has 0 unspecified atom stereocenters. The van der Waals surface area contributed by atoms with Gasteiger partial charge in [0.1, 0.15) is 0 Å². The van der Waals surface area contributed by atoms with E-state index in [4.69, 9.17) is 0 Å². The first-order chi connectivity index (χ1) is 8.27. The van der Waals surface area contributed by atoms with Crippen LogP contribution in [0.25, 0.3) is 0 Å². The van der Waals surface area contributed by atoms with Gasteiger partial charge in [0.15, 0.2) is 0 Å². The van der Waals surface area contributed by atoms with E-state index in [-0.39, 0.29) is 0 Å². The second-order valence-corrected chi connectivity index (χ2v) is 7.94. The van der Waals surface area contributed by atoms with Gasteiger partial charge in [0.25, 0.3) is 0 Å². The van der Waals surface area contributed by atoms with Crippen molar-refractivity contribution in [2.24, 2.45) is 0 Å². The lowest BCUT2D eigenvalue weighted by molar-refractivity contribution is 0.333. The van der Waals surface area contributed by atoms with E-state index in [1.54, 1.807) is 0 Å². The summed E-state index contributed by atoms with van der Waals surface area (Å²) in [5.41, 5.74) is 0. The standard InChI is InChI=1S/C14H32N2S2/c1-11(2)15(12(3)4)17-9-10-18-16(13(5)6)14(7)8/h11-14H,9-10H2,1-8H3. The molecule has 0 heterocycles. The fourth-order valence-corrected chi connectivity index (χ4v) is 4.28. The molecule has 0 aliphatic rings. The van der Waals surface area contributed by atoms with Crippen molar-refractivity contribution >= 4 is 23.9 Å². The van der Waals surface area contributed by atoms with Crippen molar-refractivity contribution in [3.8, 4) is 0 Å². The van der Waals surface area contributed by atoms with Crippen molar-refractivity contribution in [3.63, 3.8) is 0 Å². The summed E-state index contributed by atoms with van der Waals surface area (Å²) in [6.07, 6.45) is 0. The maximum absolute atomic E-state index is 2.50. The third-order valence-electron chi connectivity index (χ3n) is 2.60. The zero-order chi connectivity index (χ0) is 14.3. The van der Waals surface area contributed by atoms with Gasteiger partial charge in [-0.05, 0) is 55.4 Å². The summed E-state index contributed by atoms with van der Waals surface area (Å²) >= 11 is 3.98. The van der Waals surface area contributed by atoms with Crippen LogP contribution in [0.2, 0.25) is 0 Å². The van der Waals surface area contributed by atoms with Gasteiger partial charge in [-0.1, -0.05) is 23.9 Å². The molecule has 4 heteroatoms. The lowest BCUT2D eigenvalue weighted by atomic mass is 10.3. The zero-order valence-electron chi connectivity index (χ0n) is 13.4. The van der Waals surface area contributed by atoms with Crippen LogP contribution in [0.3, 0.4) is 0 Å². The molecule has 0 spiro atoms. The van der Waals surface area contributed by atoms with Crippen LogP contribution in [-0.4, -0.2) is 44.3 Å². The Bertz CT molecular complexity index is 168. The van der Waals surface area contributed by atoms with Gasteiger partial charge in [0.2, 0.25) is 0 Å². The predicted octanol–water partition coefficient (Wildman–Crippen LogP) is 4.52. The highest BCUT2D eigenvalue weighted by atomic mass is 32.2. The average Bonchev–Trinajstić information content (AvgIpc) is 2.20. The van der Waals surface area contributed by atoms with E-state index in [2.05, 4.69) is 64.0 Å². The Balaban J connectivity index is 3.96. The summed E-state index contributed by atoms with van der Waals surface area (Å²) < 4.78 is 4.99. The second-order valence-electron chi connectivity index (χ2n) is 5.76. The van der Waals surface area contributed by atoms with Crippen LogP contribution in [0.5, 0.6) is 0 Å². The molecule has 0 bridgehead atoms. The van der Waals surface area contributed by atoms with E-state index in [0.717, 1.165) is 0 Å². The van der Waals surface area contributed by atoms with Crippen molar-refractivity contribution in [2.45, 2.75) is 79.6 Å². The SMILES string of the molecule is CC(C)N(SCCSN(C(C)C)C(C)C)C(C)C. The number of hydrogen-bond acceptors (Lipinski definition) is 4. The first kappa shape index (κ1) is 18.6. The average molecular weight is 293 g/mol. The quantitative estimate of drug-likeness (QED) is 0.455. The molecule has 0 saturated carbocycles. The van der Waals surface area contributed by atoms with Crippen LogP contribution in [-0.2, 0) is 0 Å². The molecule has 0 fully saturated rings. The summed E-state index contributed by atoms with van der Waals surface area (Å²) in [5, 5.41) is 0. The van der Waals surface area contributed by atoms with Gasteiger partial charge in [-0.3, -0.25) is 0 Å². The van der Waals surface area contributed by atoms with Gasteiger partial charge >= 0.3 is 0 Å². The maximum atomic E-state index is 2.50. The first-order valence-corrected chi connectivity index (χ1v) is 8.98. The molecule has 110 valence electrons. The molecular weight excluding hydrogens is 260 g/mol. The van der Waals surface area contributed by atoms with E-state index in [9.17, 15) is 0 Å². The highest BCUT2D eigenvalue weighted by molar-refractivity contribution is 8.00. The van der Waals surface area contributed by atoms with Crippen molar-refractivity contribution in [3.05, 3.63) is 0 Å². The van der Waals surface area contributed by atoms with Crippen molar-refractivity contribution in [1.29, 1.82) is 0 Å². The minimum atomic E-state index is 0.617. The van der Waals surface area contributed by atoms with Crippen LogP contribution in [0, 0.1) is 0 Å². The Hall–Kier alpha value is 0.620. The molecule has 0 rings (SSSR count). The van der Waals surface area contributed by atoms with E-state index in [1.165, 1.54) is 11.5 Å². The van der Waals surface area contributed by atoms with Gasteiger partial charge < -0.3 is 0 Å². The Morgan fingerprint density at radius 2 is 0.778 bits per heavy atom. The molecular formula is C14H32N2S2. The largest absolute Gasteiger partial charge is 0.246 e. The van der Waals surface area contributed by atoms with E-state index < -0.39 is 0 Å². The van der Waals surface area contributed by atoms with E-state index in [1.807, 2.05) is 23.9 Å². The Morgan fingerprint density at radius 3 is 0.944 bits per heavy atom. The molecule has 0 saturated heterocycles. The van der Waals surface area contributed by atoms with Gasteiger partial charge in [-0.25, -0.2) is 8.61 Å². The fourth-order valence-electron chi connectivity index (χ4n) is 2.07. The normalized spacial score (nSPS) is 13.0. The molecule has 0 aromatic rings. The maximum Gasteiger partial charge on any atom is 0.0185 e. The van der Waals surface area contributed by atoms with Crippen LogP contribution in [0.4, 0.5) is 0 Å². The molecule has 0 N–H and O–H groups in total. The predicted molar refractivity (Wildman–Crippen MR) is 89.1 cm³/mol. The third-order valence-corrected chi connectivity index (χ3v) is 5.91. The minimum Gasteiger partial charge on any atom is -0.246 e. The molecule has 18 heavy (non-hydrogen) atoms. The Kier molecular flexibility index (Phi) is 9.84. The van der Waals surface area contributed by atoms with Crippen LogP contribution >= 0.6 is 23.9 Å². The summed E-state index contributed by atoms with van der Waals surface area (Å²) in [7, 11) is 0. The van der Waals surface area contributed by atoms with Gasteiger partial charge in [-0.2, -0.15) is 0 Å². The first-order valence-electron chi connectivity index (χ1n) is 7.09. The molecule has 0 aliphatic heterocycles. The summed E-state index contributed by atoms with van der Waals surface area (Å²) in [5.74, 6) is 2.38. The highest BCUT2D eigenvalue weighted by Gasteiger charge is 2.16. The minimum absolute atomic E-state index is 0.617. The topological polar surface area (TPSA) is 6.48 Å². The Labute approximate surface area is 124 Å². The smallest absolute Gasteiger partial charge is 0.0185 e. The molecule has 0 aromatic carbocycles. The van der Waals surface area contributed by atoms with E-state index in [0.29, 0.717) is 24.2 Å². The van der Waals surface area contributed by atoms with Crippen LogP contribution in [0.15, 0.2) is 0 Å². The fraction of sp³-hybridized carbons (Fsp3) is 1.00.